The van der Waals surface area contributed by atoms with Crippen molar-refractivity contribution < 1.29 is 9.53 Å². The Labute approximate surface area is 123 Å². The Morgan fingerprint density at radius 2 is 2.33 bits per heavy atom. The molecule has 112 valence electrons. The Morgan fingerprint density at radius 3 is 3.05 bits per heavy atom. The van der Waals surface area contributed by atoms with E-state index in [2.05, 4.69) is 10.4 Å². The second-order valence-electron chi connectivity index (χ2n) is 4.80. The van der Waals surface area contributed by atoms with E-state index in [1.54, 1.807) is 17.1 Å². The van der Waals surface area contributed by atoms with Gasteiger partial charge in [0.25, 0.3) is 0 Å². The molecule has 0 saturated heterocycles. The zero-order chi connectivity index (χ0) is 15.1. The maximum absolute atomic E-state index is 11.7. The fraction of sp³-hybridized carbons (Fsp3) is 0.333. The molecule has 0 saturated carbocycles. The quantitative estimate of drug-likeness (QED) is 0.806. The Hall–Kier alpha value is -2.50. The lowest BCUT2D eigenvalue weighted by Crippen LogP contribution is -2.28. The number of ether oxygens (including phenoxy) is 1. The lowest BCUT2D eigenvalue weighted by molar-refractivity contribution is -0.121. The van der Waals surface area contributed by atoms with Crippen LogP contribution in [0.15, 0.2) is 36.7 Å². The molecule has 0 spiro atoms. The molecular weight excluding hydrogens is 268 g/mol. The van der Waals surface area contributed by atoms with Crippen molar-refractivity contribution in [2.75, 3.05) is 18.9 Å². The molecule has 0 unspecified atom stereocenters. The van der Waals surface area contributed by atoms with Crippen LogP contribution in [0.1, 0.15) is 12.0 Å². The van der Waals surface area contributed by atoms with Crippen LogP contribution in [0, 0.1) is 6.92 Å². The average molecular weight is 288 g/mol. The van der Waals surface area contributed by atoms with Gasteiger partial charge in [0.1, 0.15) is 5.75 Å². The van der Waals surface area contributed by atoms with Crippen LogP contribution in [0.3, 0.4) is 0 Å². The highest BCUT2D eigenvalue weighted by atomic mass is 16.5. The molecular formula is C15H20N4O2. The highest BCUT2D eigenvalue weighted by Gasteiger charge is 2.02. The minimum Gasteiger partial charge on any atom is -0.493 e. The van der Waals surface area contributed by atoms with Crippen molar-refractivity contribution in [2.24, 2.45) is 0 Å². The zero-order valence-corrected chi connectivity index (χ0v) is 12.1. The summed E-state index contributed by atoms with van der Waals surface area (Å²) in [6, 6.07) is 7.76. The molecule has 0 aliphatic rings. The number of nitrogens with two attached hydrogens (primary N) is 1. The van der Waals surface area contributed by atoms with E-state index in [1.165, 1.54) is 0 Å². The van der Waals surface area contributed by atoms with E-state index in [0.29, 0.717) is 31.8 Å². The summed E-state index contributed by atoms with van der Waals surface area (Å²) in [5.74, 6) is 0.748. The number of hydrogen-bond donors (Lipinski definition) is 2. The Morgan fingerprint density at radius 1 is 1.48 bits per heavy atom. The predicted molar refractivity (Wildman–Crippen MR) is 80.9 cm³/mol. The number of anilines is 1. The number of nitrogens with one attached hydrogen (secondary N) is 1. The first kappa shape index (κ1) is 14.9. The first-order chi connectivity index (χ1) is 10.1. The number of benzene rings is 1. The Kier molecular flexibility index (Phi) is 5.20. The van der Waals surface area contributed by atoms with E-state index in [4.69, 9.17) is 10.5 Å². The Balaban J connectivity index is 1.61. The summed E-state index contributed by atoms with van der Waals surface area (Å²) in [6.45, 7) is 3.48. The molecule has 0 fully saturated rings. The number of carbonyl (C=O) groups is 1. The SMILES string of the molecule is Cc1cccc(OCCC(=O)NCCn2cc(N)cn2)c1. The fourth-order valence-corrected chi connectivity index (χ4v) is 1.87. The van der Waals surface area contributed by atoms with Gasteiger partial charge in [0, 0.05) is 12.7 Å². The molecule has 0 atom stereocenters. The van der Waals surface area contributed by atoms with Crippen LogP contribution in [0.5, 0.6) is 5.75 Å². The Bertz CT molecular complexity index is 595. The molecule has 6 heteroatoms. The normalized spacial score (nSPS) is 10.3. The molecule has 3 N–H and O–H groups in total. The van der Waals surface area contributed by atoms with Gasteiger partial charge in [0.15, 0.2) is 0 Å². The third-order valence-electron chi connectivity index (χ3n) is 2.90. The van der Waals surface area contributed by atoms with Gasteiger partial charge in [-0.3, -0.25) is 9.48 Å². The van der Waals surface area contributed by atoms with Gasteiger partial charge in [0.2, 0.25) is 5.91 Å². The van der Waals surface area contributed by atoms with Crippen LogP contribution >= 0.6 is 0 Å². The van der Waals surface area contributed by atoms with E-state index < -0.39 is 0 Å². The molecule has 1 amide bonds. The highest BCUT2D eigenvalue weighted by Crippen LogP contribution is 2.12. The third kappa shape index (κ3) is 5.18. The average Bonchev–Trinajstić information content (AvgIpc) is 2.84. The molecule has 2 rings (SSSR count). The van der Waals surface area contributed by atoms with Crippen LogP contribution in [0.4, 0.5) is 5.69 Å². The summed E-state index contributed by atoms with van der Waals surface area (Å²) in [4.78, 5) is 11.7. The molecule has 0 bridgehead atoms. The minimum absolute atomic E-state index is 0.0391. The number of rotatable bonds is 7. The van der Waals surface area contributed by atoms with Gasteiger partial charge in [-0.1, -0.05) is 12.1 Å². The van der Waals surface area contributed by atoms with Crippen molar-refractivity contribution >= 4 is 11.6 Å². The molecule has 21 heavy (non-hydrogen) atoms. The minimum atomic E-state index is -0.0391. The van der Waals surface area contributed by atoms with Crippen molar-refractivity contribution in [1.82, 2.24) is 15.1 Å². The van der Waals surface area contributed by atoms with Gasteiger partial charge in [-0.05, 0) is 24.6 Å². The van der Waals surface area contributed by atoms with Crippen LogP contribution < -0.4 is 15.8 Å². The smallest absolute Gasteiger partial charge is 0.223 e. The van der Waals surface area contributed by atoms with Crippen molar-refractivity contribution in [2.45, 2.75) is 19.9 Å². The van der Waals surface area contributed by atoms with E-state index in [-0.39, 0.29) is 5.91 Å². The maximum atomic E-state index is 11.7. The number of aromatic nitrogens is 2. The fourth-order valence-electron chi connectivity index (χ4n) is 1.87. The second kappa shape index (κ2) is 7.33. The van der Waals surface area contributed by atoms with Gasteiger partial charge in [-0.15, -0.1) is 0 Å². The van der Waals surface area contributed by atoms with Crippen LogP contribution in [-0.2, 0) is 11.3 Å². The number of carbonyl (C=O) groups excluding carboxylic acids is 1. The zero-order valence-electron chi connectivity index (χ0n) is 12.1. The summed E-state index contributed by atoms with van der Waals surface area (Å²) >= 11 is 0. The van der Waals surface area contributed by atoms with E-state index in [1.807, 2.05) is 31.2 Å². The molecule has 6 nitrogen and oxygen atoms in total. The molecule has 1 heterocycles. The molecule has 1 aromatic heterocycles. The van der Waals surface area contributed by atoms with Crippen LogP contribution in [0.25, 0.3) is 0 Å². The van der Waals surface area contributed by atoms with Crippen molar-refractivity contribution in [3.05, 3.63) is 42.2 Å². The number of nitrogens with zero attached hydrogens (tertiary/aromatic N) is 2. The molecule has 1 aromatic carbocycles. The highest BCUT2D eigenvalue weighted by molar-refractivity contribution is 5.75. The van der Waals surface area contributed by atoms with Crippen molar-refractivity contribution in [1.29, 1.82) is 0 Å². The lowest BCUT2D eigenvalue weighted by Gasteiger charge is -2.08. The second-order valence-corrected chi connectivity index (χ2v) is 4.80. The first-order valence-electron chi connectivity index (χ1n) is 6.87. The van der Waals surface area contributed by atoms with E-state index in [0.717, 1.165) is 11.3 Å². The number of amides is 1. The third-order valence-corrected chi connectivity index (χ3v) is 2.90. The monoisotopic (exact) mass is 288 g/mol. The molecule has 0 aliphatic carbocycles. The van der Waals surface area contributed by atoms with Gasteiger partial charge >= 0.3 is 0 Å². The number of hydrogen-bond acceptors (Lipinski definition) is 4. The van der Waals surface area contributed by atoms with Crippen LogP contribution in [-0.4, -0.2) is 28.8 Å². The first-order valence-corrected chi connectivity index (χ1v) is 6.87. The van der Waals surface area contributed by atoms with Gasteiger partial charge in [0.05, 0.1) is 31.5 Å². The van der Waals surface area contributed by atoms with E-state index in [9.17, 15) is 4.79 Å². The summed E-state index contributed by atoms with van der Waals surface area (Å²) in [6.07, 6.45) is 3.64. The summed E-state index contributed by atoms with van der Waals surface area (Å²) in [5, 5.41) is 6.86. The summed E-state index contributed by atoms with van der Waals surface area (Å²) in [7, 11) is 0. The van der Waals surface area contributed by atoms with Crippen molar-refractivity contribution in [3.63, 3.8) is 0 Å². The maximum Gasteiger partial charge on any atom is 0.223 e. The van der Waals surface area contributed by atoms with Crippen molar-refractivity contribution in [3.8, 4) is 5.75 Å². The van der Waals surface area contributed by atoms with Crippen LogP contribution in [0.2, 0.25) is 0 Å². The largest absolute Gasteiger partial charge is 0.493 e. The molecule has 0 radical (unpaired) electrons. The number of nitrogen functional groups attached to an aromatic ring is 1. The van der Waals surface area contributed by atoms with Gasteiger partial charge in [-0.2, -0.15) is 5.10 Å². The number of aryl methyl sites for hydroxylation is 1. The lowest BCUT2D eigenvalue weighted by atomic mass is 10.2. The predicted octanol–water partition coefficient (Wildman–Crippen LogP) is 1.36. The van der Waals surface area contributed by atoms with Gasteiger partial charge < -0.3 is 15.8 Å². The summed E-state index contributed by atoms with van der Waals surface area (Å²) < 4.78 is 7.22. The topological polar surface area (TPSA) is 82.2 Å². The molecule has 0 aliphatic heterocycles. The van der Waals surface area contributed by atoms with Gasteiger partial charge in [-0.25, -0.2) is 0 Å². The summed E-state index contributed by atoms with van der Waals surface area (Å²) in [5.41, 5.74) is 7.31. The standard InChI is InChI=1S/C15H20N4O2/c1-12-3-2-4-14(9-12)21-8-5-15(20)17-6-7-19-11-13(16)10-18-19/h2-4,9-11H,5-8,16H2,1H3,(H,17,20). The molecule has 2 aromatic rings. The van der Waals surface area contributed by atoms with E-state index >= 15 is 0 Å².